The standard InChI is InChI=1S/C22H25N3O2/c1-15-3-5-18(6-4-15)22-24-20(16(2)27-22)13-25-12-19(21(26)14-25)11-17-7-9-23-10-8-17/h3-10,19,21,26H,11-14H2,1-2H3/t19-,21-/m1/s1. The Labute approximate surface area is 159 Å². The number of benzene rings is 1. The van der Waals surface area contributed by atoms with Gasteiger partial charge < -0.3 is 9.52 Å². The van der Waals surface area contributed by atoms with Crippen LogP contribution in [-0.4, -0.2) is 39.2 Å². The molecule has 3 aromatic rings. The second-order valence-corrected chi connectivity index (χ2v) is 7.47. The van der Waals surface area contributed by atoms with E-state index in [1.807, 2.05) is 31.2 Å². The molecule has 0 saturated carbocycles. The van der Waals surface area contributed by atoms with E-state index >= 15 is 0 Å². The first-order chi connectivity index (χ1) is 13.1. The number of aromatic nitrogens is 2. The molecule has 2 atom stereocenters. The van der Waals surface area contributed by atoms with Crippen LogP contribution in [0.4, 0.5) is 0 Å². The molecule has 0 bridgehead atoms. The lowest BCUT2D eigenvalue weighted by atomic mass is 9.97. The van der Waals surface area contributed by atoms with Crippen molar-refractivity contribution >= 4 is 0 Å². The van der Waals surface area contributed by atoms with Gasteiger partial charge >= 0.3 is 0 Å². The lowest BCUT2D eigenvalue weighted by Crippen LogP contribution is -2.22. The van der Waals surface area contributed by atoms with Gasteiger partial charge in [0.05, 0.1) is 11.8 Å². The maximum atomic E-state index is 10.5. The fourth-order valence-corrected chi connectivity index (χ4v) is 3.70. The molecule has 5 heteroatoms. The van der Waals surface area contributed by atoms with Gasteiger partial charge in [0.25, 0.3) is 0 Å². The summed E-state index contributed by atoms with van der Waals surface area (Å²) in [7, 11) is 0. The molecule has 0 radical (unpaired) electrons. The van der Waals surface area contributed by atoms with Gasteiger partial charge in [0.2, 0.25) is 5.89 Å². The van der Waals surface area contributed by atoms with Crippen LogP contribution in [0.15, 0.2) is 53.2 Å². The minimum atomic E-state index is -0.318. The summed E-state index contributed by atoms with van der Waals surface area (Å²) in [5.74, 6) is 1.74. The molecule has 1 N–H and O–H groups in total. The van der Waals surface area contributed by atoms with E-state index in [9.17, 15) is 5.11 Å². The third-order valence-electron chi connectivity index (χ3n) is 5.29. The largest absolute Gasteiger partial charge is 0.441 e. The van der Waals surface area contributed by atoms with E-state index < -0.39 is 0 Å². The van der Waals surface area contributed by atoms with Crippen molar-refractivity contribution in [2.24, 2.45) is 5.92 Å². The first kappa shape index (κ1) is 17.9. The summed E-state index contributed by atoms with van der Waals surface area (Å²) in [5, 5.41) is 10.5. The molecule has 0 amide bonds. The number of pyridine rings is 1. The molecule has 140 valence electrons. The second kappa shape index (κ2) is 7.62. The van der Waals surface area contributed by atoms with Crippen molar-refractivity contribution in [3.8, 4) is 11.5 Å². The van der Waals surface area contributed by atoms with E-state index in [0.29, 0.717) is 19.0 Å². The van der Waals surface area contributed by atoms with Crippen LogP contribution in [0.3, 0.4) is 0 Å². The molecule has 1 saturated heterocycles. The number of aryl methyl sites for hydroxylation is 2. The molecule has 0 unspecified atom stereocenters. The number of hydrogen-bond acceptors (Lipinski definition) is 5. The number of nitrogens with zero attached hydrogens (tertiary/aromatic N) is 3. The Bertz CT molecular complexity index is 890. The van der Waals surface area contributed by atoms with Gasteiger partial charge in [-0.05, 0) is 50.1 Å². The van der Waals surface area contributed by atoms with Gasteiger partial charge in [-0.15, -0.1) is 0 Å². The minimum Gasteiger partial charge on any atom is -0.441 e. The Morgan fingerprint density at radius 1 is 1.07 bits per heavy atom. The molecule has 27 heavy (non-hydrogen) atoms. The topological polar surface area (TPSA) is 62.4 Å². The van der Waals surface area contributed by atoms with Crippen molar-refractivity contribution in [1.29, 1.82) is 0 Å². The summed E-state index contributed by atoms with van der Waals surface area (Å²) in [6.07, 6.45) is 4.16. The molecular weight excluding hydrogens is 338 g/mol. The van der Waals surface area contributed by atoms with Gasteiger partial charge in [-0.2, -0.15) is 0 Å². The van der Waals surface area contributed by atoms with Crippen LogP contribution in [0.25, 0.3) is 11.5 Å². The normalized spacial score (nSPS) is 20.3. The molecule has 0 spiro atoms. The average Bonchev–Trinajstić information content (AvgIpc) is 3.19. The highest BCUT2D eigenvalue weighted by Gasteiger charge is 2.32. The lowest BCUT2D eigenvalue weighted by Gasteiger charge is -2.14. The lowest BCUT2D eigenvalue weighted by molar-refractivity contribution is 0.141. The molecule has 3 heterocycles. The Kier molecular flexibility index (Phi) is 5.05. The monoisotopic (exact) mass is 363 g/mol. The third-order valence-corrected chi connectivity index (χ3v) is 5.29. The predicted octanol–water partition coefficient (Wildman–Crippen LogP) is 3.39. The van der Waals surface area contributed by atoms with Crippen LogP contribution >= 0.6 is 0 Å². The molecule has 0 aliphatic carbocycles. The molecule has 1 aromatic carbocycles. The number of rotatable bonds is 5. The van der Waals surface area contributed by atoms with E-state index in [0.717, 1.165) is 30.0 Å². The van der Waals surface area contributed by atoms with Gasteiger partial charge in [-0.25, -0.2) is 4.98 Å². The quantitative estimate of drug-likeness (QED) is 0.753. The van der Waals surface area contributed by atoms with Crippen molar-refractivity contribution in [3.05, 3.63) is 71.4 Å². The van der Waals surface area contributed by atoms with E-state index in [1.165, 1.54) is 11.1 Å². The number of hydrogen-bond donors (Lipinski definition) is 1. The van der Waals surface area contributed by atoms with Crippen LogP contribution < -0.4 is 0 Å². The van der Waals surface area contributed by atoms with Crippen LogP contribution in [0.5, 0.6) is 0 Å². The number of likely N-dealkylation sites (tertiary alicyclic amines) is 1. The van der Waals surface area contributed by atoms with E-state index in [1.54, 1.807) is 12.4 Å². The first-order valence-electron chi connectivity index (χ1n) is 9.41. The molecule has 4 rings (SSSR count). The van der Waals surface area contributed by atoms with Crippen molar-refractivity contribution in [3.63, 3.8) is 0 Å². The Morgan fingerprint density at radius 3 is 2.56 bits per heavy atom. The Hall–Kier alpha value is -2.50. The van der Waals surface area contributed by atoms with Gasteiger partial charge in [0.15, 0.2) is 0 Å². The SMILES string of the molecule is Cc1ccc(-c2nc(CN3C[C@@H](Cc4ccncc4)[C@H](O)C3)c(C)o2)cc1. The maximum Gasteiger partial charge on any atom is 0.226 e. The number of oxazole rings is 1. The van der Waals surface area contributed by atoms with E-state index in [2.05, 4.69) is 28.9 Å². The Balaban J connectivity index is 1.43. The van der Waals surface area contributed by atoms with E-state index in [4.69, 9.17) is 9.40 Å². The highest BCUT2D eigenvalue weighted by Crippen LogP contribution is 2.26. The van der Waals surface area contributed by atoms with Crippen LogP contribution in [-0.2, 0) is 13.0 Å². The Morgan fingerprint density at radius 2 is 1.81 bits per heavy atom. The highest BCUT2D eigenvalue weighted by molar-refractivity contribution is 5.54. The summed E-state index contributed by atoms with van der Waals surface area (Å²) in [6.45, 7) is 6.25. The van der Waals surface area contributed by atoms with Crippen molar-refractivity contribution in [1.82, 2.24) is 14.9 Å². The molecule has 5 nitrogen and oxygen atoms in total. The number of aliphatic hydroxyl groups excluding tert-OH is 1. The van der Waals surface area contributed by atoms with E-state index in [-0.39, 0.29) is 12.0 Å². The average molecular weight is 363 g/mol. The summed E-state index contributed by atoms with van der Waals surface area (Å²) < 4.78 is 5.89. The zero-order chi connectivity index (χ0) is 18.8. The van der Waals surface area contributed by atoms with Crippen molar-refractivity contribution in [2.45, 2.75) is 32.9 Å². The summed E-state index contributed by atoms with van der Waals surface area (Å²) in [6, 6.07) is 12.2. The van der Waals surface area contributed by atoms with Gasteiger partial charge in [-0.1, -0.05) is 17.7 Å². The maximum absolute atomic E-state index is 10.5. The minimum absolute atomic E-state index is 0.233. The highest BCUT2D eigenvalue weighted by atomic mass is 16.4. The second-order valence-electron chi connectivity index (χ2n) is 7.47. The summed E-state index contributed by atoms with van der Waals surface area (Å²) >= 11 is 0. The number of β-amino-alcohol motifs (C(OH)–C–C–N with tert-alkyl or cyclic N) is 1. The fraction of sp³-hybridized carbons (Fsp3) is 0.364. The van der Waals surface area contributed by atoms with Crippen LogP contribution in [0.1, 0.15) is 22.6 Å². The fourth-order valence-electron chi connectivity index (χ4n) is 3.70. The van der Waals surface area contributed by atoms with Gasteiger partial charge in [0, 0.05) is 43.5 Å². The third kappa shape index (κ3) is 4.10. The molecule has 1 aliphatic rings. The van der Waals surface area contributed by atoms with Crippen molar-refractivity contribution in [2.75, 3.05) is 13.1 Å². The van der Waals surface area contributed by atoms with Crippen molar-refractivity contribution < 1.29 is 9.52 Å². The zero-order valence-corrected chi connectivity index (χ0v) is 15.8. The molecule has 1 aliphatic heterocycles. The molecule has 1 fully saturated rings. The number of aliphatic hydroxyl groups is 1. The zero-order valence-electron chi connectivity index (χ0n) is 15.8. The van der Waals surface area contributed by atoms with Gasteiger partial charge in [0.1, 0.15) is 5.76 Å². The molecular formula is C22H25N3O2. The first-order valence-corrected chi connectivity index (χ1v) is 9.41. The van der Waals surface area contributed by atoms with Gasteiger partial charge in [-0.3, -0.25) is 9.88 Å². The van der Waals surface area contributed by atoms with Crippen LogP contribution in [0, 0.1) is 19.8 Å². The summed E-state index contributed by atoms with van der Waals surface area (Å²) in [4.78, 5) is 11.0. The summed E-state index contributed by atoms with van der Waals surface area (Å²) in [5.41, 5.74) is 4.37. The van der Waals surface area contributed by atoms with Crippen LogP contribution in [0.2, 0.25) is 0 Å². The smallest absolute Gasteiger partial charge is 0.226 e. The predicted molar refractivity (Wildman–Crippen MR) is 104 cm³/mol. The molecule has 2 aromatic heterocycles.